The van der Waals surface area contributed by atoms with Crippen molar-refractivity contribution in [1.29, 1.82) is 5.26 Å². The fourth-order valence-electron chi connectivity index (χ4n) is 5.04. The molecule has 1 aromatic heterocycles. The number of nitrogens with one attached hydrogen (secondary N) is 1. The zero-order valence-corrected chi connectivity index (χ0v) is 22.0. The Morgan fingerprint density at radius 3 is 2.50 bits per heavy atom. The lowest BCUT2D eigenvalue weighted by Crippen LogP contribution is -2.22. The van der Waals surface area contributed by atoms with E-state index < -0.39 is 0 Å². The smallest absolute Gasteiger partial charge is 0.251 e. The summed E-state index contributed by atoms with van der Waals surface area (Å²) >= 11 is 0. The summed E-state index contributed by atoms with van der Waals surface area (Å²) in [5.74, 6) is 1.26. The van der Waals surface area contributed by atoms with Crippen molar-refractivity contribution in [2.24, 2.45) is 5.92 Å². The van der Waals surface area contributed by atoms with Crippen LogP contribution in [0.3, 0.4) is 0 Å². The van der Waals surface area contributed by atoms with Gasteiger partial charge in [0.2, 0.25) is 5.89 Å². The number of aromatic nitrogens is 1. The van der Waals surface area contributed by atoms with Crippen LogP contribution in [0.15, 0.2) is 71.2 Å². The van der Waals surface area contributed by atoms with Gasteiger partial charge in [0, 0.05) is 23.2 Å². The van der Waals surface area contributed by atoms with Crippen molar-refractivity contribution >= 4 is 23.1 Å². The Bertz CT molecular complexity index is 1480. The number of rotatable bonds is 7. The van der Waals surface area contributed by atoms with Gasteiger partial charge in [-0.05, 0) is 72.2 Å². The molecule has 0 bridgehead atoms. The summed E-state index contributed by atoms with van der Waals surface area (Å²) < 4.78 is 6.09. The maximum Gasteiger partial charge on any atom is 0.251 e. The van der Waals surface area contributed by atoms with Crippen LogP contribution < -0.4 is 5.32 Å². The van der Waals surface area contributed by atoms with E-state index in [9.17, 15) is 10.1 Å². The molecule has 5 nitrogen and oxygen atoms in total. The average molecular weight is 504 g/mol. The van der Waals surface area contributed by atoms with Crippen molar-refractivity contribution in [3.05, 3.63) is 94.6 Å². The van der Waals surface area contributed by atoms with Crippen LogP contribution in [0.25, 0.3) is 28.6 Å². The van der Waals surface area contributed by atoms with Gasteiger partial charge in [0.15, 0.2) is 5.58 Å². The maximum atomic E-state index is 12.7. The molecule has 192 valence electrons. The quantitative estimate of drug-likeness (QED) is 0.277. The largest absolute Gasteiger partial charge is 0.436 e. The molecule has 0 atom stereocenters. The summed E-state index contributed by atoms with van der Waals surface area (Å²) in [4.78, 5) is 17.4. The molecule has 1 fully saturated rings. The molecular formula is C33H33N3O2. The highest BCUT2D eigenvalue weighted by Crippen LogP contribution is 2.31. The maximum absolute atomic E-state index is 12.7. The van der Waals surface area contributed by atoms with Gasteiger partial charge in [-0.3, -0.25) is 4.79 Å². The summed E-state index contributed by atoms with van der Waals surface area (Å²) in [5, 5.41) is 12.4. The molecule has 0 spiro atoms. The van der Waals surface area contributed by atoms with Crippen LogP contribution in [0.2, 0.25) is 0 Å². The van der Waals surface area contributed by atoms with E-state index in [-0.39, 0.29) is 11.8 Å². The molecule has 0 radical (unpaired) electrons. The first-order valence-electron chi connectivity index (χ1n) is 13.5. The van der Waals surface area contributed by atoms with E-state index in [1.807, 2.05) is 18.2 Å². The van der Waals surface area contributed by atoms with Crippen LogP contribution in [0.1, 0.15) is 84.5 Å². The van der Waals surface area contributed by atoms with Crippen molar-refractivity contribution in [1.82, 2.24) is 10.3 Å². The highest BCUT2D eigenvalue weighted by molar-refractivity contribution is 5.94. The third-order valence-corrected chi connectivity index (χ3v) is 7.31. The van der Waals surface area contributed by atoms with Gasteiger partial charge in [-0.1, -0.05) is 69.5 Å². The van der Waals surface area contributed by atoms with Gasteiger partial charge >= 0.3 is 0 Å². The highest BCUT2D eigenvalue weighted by atomic mass is 16.3. The number of amides is 1. The first kappa shape index (κ1) is 25.5. The van der Waals surface area contributed by atoms with Gasteiger partial charge in [0.05, 0.1) is 11.6 Å². The molecule has 1 N–H and O–H groups in total. The summed E-state index contributed by atoms with van der Waals surface area (Å²) in [6, 6.07) is 21.4. The van der Waals surface area contributed by atoms with E-state index in [0.29, 0.717) is 40.6 Å². The minimum Gasteiger partial charge on any atom is -0.436 e. The molecule has 0 saturated heterocycles. The van der Waals surface area contributed by atoms with Crippen molar-refractivity contribution in [2.45, 2.75) is 58.4 Å². The number of nitriles is 1. The van der Waals surface area contributed by atoms with E-state index in [4.69, 9.17) is 4.42 Å². The first-order chi connectivity index (χ1) is 18.5. The van der Waals surface area contributed by atoms with Crippen LogP contribution in [-0.2, 0) is 6.54 Å². The van der Waals surface area contributed by atoms with Crippen molar-refractivity contribution in [3.63, 3.8) is 0 Å². The van der Waals surface area contributed by atoms with Crippen molar-refractivity contribution < 1.29 is 9.21 Å². The first-order valence-corrected chi connectivity index (χ1v) is 13.5. The van der Waals surface area contributed by atoms with Crippen LogP contribution in [-0.4, -0.2) is 10.9 Å². The van der Waals surface area contributed by atoms with Crippen LogP contribution in [0.5, 0.6) is 0 Å². The van der Waals surface area contributed by atoms with Gasteiger partial charge in [0.1, 0.15) is 5.52 Å². The number of hydrogen-bond acceptors (Lipinski definition) is 4. The van der Waals surface area contributed by atoms with E-state index in [0.717, 1.165) is 16.7 Å². The molecule has 3 aromatic carbocycles. The third kappa shape index (κ3) is 5.86. The molecule has 0 aliphatic heterocycles. The van der Waals surface area contributed by atoms with E-state index in [2.05, 4.69) is 66.6 Å². The summed E-state index contributed by atoms with van der Waals surface area (Å²) in [6.45, 7) is 4.60. The zero-order chi connectivity index (χ0) is 26.5. The number of fused-ring (bicyclic) bond motifs is 1. The van der Waals surface area contributed by atoms with E-state index in [1.165, 1.54) is 37.7 Å². The second-order valence-corrected chi connectivity index (χ2v) is 10.5. The molecular weight excluding hydrogens is 470 g/mol. The molecule has 1 heterocycles. The minimum atomic E-state index is -0.129. The molecule has 5 rings (SSSR count). The molecule has 1 aliphatic carbocycles. The Hall–Kier alpha value is -4.17. The highest BCUT2D eigenvalue weighted by Gasteiger charge is 2.16. The van der Waals surface area contributed by atoms with Gasteiger partial charge < -0.3 is 9.73 Å². The third-order valence-electron chi connectivity index (χ3n) is 7.31. The number of oxazole rings is 1. The Kier molecular flexibility index (Phi) is 7.70. The fourth-order valence-corrected chi connectivity index (χ4v) is 5.04. The molecule has 1 saturated carbocycles. The second kappa shape index (κ2) is 11.5. The number of benzene rings is 3. The molecule has 5 heteroatoms. The Morgan fingerprint density at radius 1 is 1.08 bits per heavy atom. The van der Waals surface area contributed by atoms with Gasteiger partial charge in [0.25, 0.3) is 5.91 Å². The number of allylic oxidation sites excluding steroid dienone is 1. The Labute approximate surface area is 224 Å². The molecule has 1 aliphatic rings. The van der Waals surface area contributed by atoms with Crippen molar-refractivity contribution in [2.75, 3.05) is 0 Å². The van der Waals surface area contributed by atoms with Crippen LogP contribution in [0, 0.1) is 17.2 Å². The minimum absolute atomic E-state index is 0.129. The predicted octanol–water partition coefficient (Wildman–Crippen LogP) is 8.01. The molecule has 38 heavy (non-hydrogen) atoms. The number of carbonyl (C=O) groups excluding carboxylic acids is 1. The second-order valence-electron chi connectivity index (χ2n) is 10.5. The zero-order valence-electron chi connectivity index (χ0n) is 22.0. The standard InChI is InChI=1S/C33H33N3O2/c1-22(2)29-18-26(20-34)19-30-31(29)38-33(36-30)28-16-14-27(15-17-28)32(37)35-21-25-12-10-24(11-13-25)9-8-23-6-4-3-5-7-23/h8-19,22-23H,3-7,21H2,1-2H3,(H,35,37)/b9-8+. The fraction of sp³-hybridized carbons (Fsp3) is 0.303. The van der Waals surface area contributed by atoms with Gasteiger partial charge in [-0.25, -0.2) is 4.98 Å². The van der Waals surface area contributed by atoms with E-state index in [1.54, 1.807) is 18.2 Å². The number of nitrogens with zero attached hydrogens (tertiary/aromatic N) is 2. The average Bonchev–Trinajstić information content (AvgIpc) is 3.39. The summed E-state index contributed by atoms with van der Waals surface area (Å²) in [7, 11) is 0. The Morgan fingerprint density at radius 2 is 1.82 bits per heavy atom. The predicted molar refractivity (Wildman–Crippen MR) is 151 cm³/mol. The lowest BCUT2D eigenvalue weighted by Gasteiger charge is -2.17. The lowest BCUT2D eigenvalue weighted by atomic mass is 9.89. The number of hydrogen-bond donors (Lipinski definition) is 1. The molecule has 0 unspecified atom stereocenters. The topological polar surface area (TPSA) is 78.9 Å². The van der Waals surface area contributed by atoms with Crippen molar-refractivity contribution in [3.8, 4) is 17.5 Å². The van der Waals surface area contributed by atoms with Gasteiger partial charge in [-0.2, -0.15) is 5.26 Å². The van der Waals surface area contributed by atoms with E-state index >= 15 is 0 Å². The molecule has 1 amide bonds. The Balaban J connectivity index is 1.21. The lowest BCUT2D eigenvalue weighted by molar-refractivity contribution is 0.0951. The molecule has 4 aromatic rings. The van der Waals surface area contributed by atoms with Crippen LogP contribution in [0.4, 0.5) is 0 Å². The van der Waals surface area contributed by atoms with Crippen LogP contribution >= 0.6 is 0 Å². The summed E-state index contributed by atoms with van der Waals surface area (Å²) in [5.41, 5.74) is 6.51. The van der Waals surface area contributed by atoms with Gasteiger partial charge in [-0.15, -0.1) is 0 Å². The number of carbonyl (C=O) groups is 1. The SMILES string of the molecule is CC(C)c1cc(C#N)cc2nc(-c3ccc(C(=O)NCc4ccc(/C=C/C5CCCCC5)cc4)cc3)oc12. The monoisotopic (exact) mass is 503 g/mol. The normalized spacial score (nSPS) is 14.3. The summed E-state index contributed by atoms with van der Waals surface area (Å²) in [6.07, 6.45) is 11.2.